The number of nitrogens with two attached hydrogens (primary N) is 1. The topological polar surface area (TPSA) is 89.5 Å². The van der Waals surface area contributed by atoms with Crippen molar-refractivity contribution in [1.82, 2.24) is 0 Å². The number of benzene rings is 2. The smallest absolute Gasteiger partial charge is 0.293 e. The maximum atomic E-state index is 11.3. The molecule has 106 valence electrons. The molecule has 0 saturated heterocycles. The van der Waals surface area contributed by atoms with E-state index in [2.05, 4.69) is 0 Å². The largest absolute Gasteiger partial charge is 0.366 e. The van der Waals surface area contributed by atoms with Crippen LogP contribution < -0.4 is 10.6 Å². The van der Waals surface area contributed by atoms with Crippen molar-refractivity contribution in [2.45, 2.75) is 6.42 Å². The minimum atomic E-state index is -0.675. The molecule has 0 atom stereocenters. The number of primary amides is 1. The van der Waals surface area contributed by atoms with E-state index >= 15 is 0 Å². The first-order valence-corrected chi connectivity index (χ1v) is 6.51. The number of amides is 1. The second kappa shape index (κ2) is 4.90. The van der Waals surface area contributed by atoms with Crippen LogP contribution in [0.15, 0.2) is 42.5 Å². The normalized spacial score (nSPS) is 13.0. The fourth-order valence-electron chi connectivity index (χ4n) is 2.64. The number of hydrogen-bond donors (Lipinski definition) is 1. The lowest BCUT2D eigenvalue weighted by atomic mass is 10.1. The van der Waals surface area contributed by atoms with E-state index in [1.54, 1.807) is 6.07 Å². The van der Waals surface area contributed by atoms with Gasteiger partial charge in [0.1, 0.15) is 5.69 Å². The van der Waals surface area contributed by atoms with Crippen LogP contribution in [-0.4, -0.2) is 17.4 Å². The molecular formula is C15H13N3O3. The molecule has 2 aromatic carbocycles. The minimum absolute atomic E-state index is 0.108. The maximum absolute atomic E-state index is 11.3. The van der Waals surface area contributed by atoms with Crippen LogP contribution in [0.25, 0.3) is 0 Å². The van der Waals surface area contributed by atoms with Gasteiger partial charge in [0.25, 0.3) is 5.69 Å². The molecule has 21 heavy (non-hydrogen) atoms. The summed E-state index contributed by atoms with van der Waals surface area (Å²) in [5.74, 6) is -0.675. The Labute approximate surface area is 120 Å². The second-order valence-electron chi connectivity index (χ2n) is 4.86. The Morgan fingerprint density at radius 1 is 1.19 bits per heavy atom. The Balaban J connectivity index is 2.11. The van der Waals surface area contributed by atoms with Gasteiger partial charge in [0, 0.05) is 23.9 Å². The van der Waals surface area contributed by atoms with Crippen molar-refractivity contribution in [3.8, 4) is 0 Å². The highest BCUT2D eigenvalue weighted by atomic mass is 16.6. The first-order chi connectivity index (χ1) is 10.1. The summed E-state index contributed by atoms with van der Waals surface area (Å²) in [5.41, 5.74) is 7.82. The van der Waals surface area contributed by atoms with Gasteiger partial charge in [-0.3, -0.25) is 14.9 Å². The highest BCUT2D eigenvalue weighted by Gasteiger charge is 2.26. The van der Waals surface area contributed by atoms with Crippen molar-refractivity contribution in [1.29, 1.82) is 0 Å². The third-order valence-corrected chi connectivity index (χ3v) is 3.63. The number of carbonyl (C=O) groups excluding carboxylic acids is 1. The second-order valence-corrected chi connectivity index (χ2v) is 4.86. The number of hydrogen-bond acceptors (Lipinski definition) is 4. The third-order valence-electron chi connectivity index (χ3n) is 3.63. The van der Waals surface area contributed by atoms with E-state index in [4.69, 9.17) is 5.73 Å². The van der Waals surface area contributed by atoms with E-state index in [0.717, 1.165) is 17.7 Å². The van der Waals surface area contributed by atoms with Gasteiger partial charge in [-0.2, -0.15) is 0 Å². The standard InChI is InChI=1S/C15H13N3O3/c16-15(19)11-5-6-13(14(9-11)18(20)21)17-8-7-10-3-1-2-4-12(10)17/h1-6,9H,7-8H2,(H2,16,19). The monoisotopic (exact) mass is 283 g/mol. The van der Waals surface area contributed by atoms with Gasteiger partial charge in [-0.1, -0.05) is 18.2 Å². The summed E-state index contributed by atoms with van der Waals surface area (Å²) in [7, 11) is 0. The van der Waals surface area contributed by atoms with Crippen LogP contribution in [0.1, 0.15) is 15.9 Å². The van der Waals surface area contributed by atoms with Crippen molar-refractivity contribution >= 4 is 23.0 Å². The van der Waals surface area contributed by atoms with Gasteiger partial charge < -0.3 is 10.6 Å². The first-order valence-electron chi connectivity index (χ1n) is 6.51. The highest BCUT2D eigenvalue weighted by molar-refractivity contribution is 5.95. The summed E-state index contributed by atoms with van der Waals surface area (Å²) in [6.45, 7) is 0.677. The van der Waals surface area contributed by atoms with Crippen LogP contribution in [0.3, 0.4) is 0 Å². The van der Waals surface area contributed by atoms with Crippen molar-refractivity contribution in [3.63, 3.8) is 0 Å². The number of nitro groups is 1. The van der Waals surface area contributed by atoms with Gasteiger partial charge in [-0.05, 0) is 30.2 Å². The summed E-state index contributed by atoms with van der Waals surface area (Å²) >= 11 is 0. The zero-order chi connectivity index (χ0) is 15.0. The zero-order valence-corrected chi connectivity index (χ0v) is 11.2. The molecule has 0 aromatic heterocycles. The van der Waals surface area contributed by atoms with Crippen LogP contribution >= 0.6 is 0 Å². The van der Waals surface area contributed by atoms with Gasteiger partial charge in [-0.25, -0.2) is 0 Å². The molecule has 0 bridgehead atoms. The maximum Gasteiger partial charge on any atom is 0.293 e. The molecule has 0 unspecified atom stereocenters. The molecule has 1 aliphatic heterocycles. The molecule has 0 aliphatic carbocycles. The predicted octanol–water partition coefficient (Wildman–Crippen LogP) is 2.39. The lowest BCUT2D eigenvalue weighted by Crippen LogP contribution is -2.16. The fourth-order valence-corrected chi connectivity index (χ4v) is 2.64. The van der Waals surface area contributed by atoms with Gasteiger partial charge in [0.15, 0.2) is 0 Å². The van der Waals surface area contributed by atoms with E-state index in [1.165, 1.54) is 12.1 Å². The molecule has 0 spiro atoms. The Hall–Kier alpha value is -2.89. The SMILES string of the molecule is NC(=O)c1ccc(N2CCc3ccccc32)c([N+](=O)[O-])c1. The van der Waals surface area contributed by atoms with Crippen LogP contribution in [0, 0.1) is 10.1 Å². The Bertz CT molecular complexity index is 743. The quantitative estimate of drug-likeness (QED) is 0.691. The predicted molar refractivity (Wildman–Crippen MR) is 78.8 cm³/mol. The number of nitrogens with zero attached hydrogens (tertiary/aromatic N) is 2. The molecular weight excluding hydrogens is 270 g/mol. The summed E-state index contributed by atoms with van der Waals surface area (Å²) < 4.78 is 0. The average Bonchev–Trinajstić information content (AvgIpc) is 2.90. The Morgan fingerprint density at radius 2 is 1.95 bits per heavy atom. The molecule has 0 fully saturated rings. The molecule has 3 rings (SSSR count). The van der Waals surface area contributed by atoms with E-state index in [-0.39, 0.29) is 11.3 Å². The number of para-hydroxylation sites is 1. The van der Waals surface area contributed by atoms with Gasteiger partial charge in [0.2, 0.25) is 5.91 Å². The van der Waals surface area contributed by atoms with E-state index in [1.807, 2.05) is 29.2 Å². The average molecular weight is 283 g/mol. The Kier molecular flexibility index (Phi) is 3.06. The van der Waals surface area contributed by atoms with Crippen molar-refractivity contribution in [3.05, 3.63) is 63.7 Å². The summed E-state index contributed by atoms with van der Waals surface area (Å²) in [6, 6.07) is 12.1. The molecule has 0 radical (unpaired) electrons. The van der Waals surface area contributed by atoms with Gasteiger partial charge in [-0.15, -0.1) is 0 Å². The van der Waals surface area contributed by atoms with E-state index < -0.39 is 10.8 Å². The third kappa shape index (κ3) is 2.20. The Morgan fingerprint density at radius 3 is 2.67 bits per heavy atom. The minimum Gasteiger partial charge on any atom is -0.366 e. The number of fused-ring (bicyclic) bond motifs is 1. The van der Waals surface area contributed by atoms with E-state index in [9.17, 15) is 14.9 Å². The summed E-state index contributed by atoms with van der Waals surface area (Å²) in [6.07, 6.45) is 0.838. The van der Waals surface area contributed by atoms with Crippen molar-refractivity contribution in [2.24, 2.45) is 5.73 Å². The number of nitro benzene ring substituents is 1. The lowest BCUT2D eigenvalue weighted by molar-refractivity contribution is -0.384. The van der Waals surface area contributed by atoms with Crippen molar-refractivity contribution in [2.75, 3.05) is 11.4 Å². The summed E-state index contributed by atoms with van der Waals surface area (Å²) in [4.78, 5) is 23.9. The first kappa shape index (κ1) is 13.1. The molecule has 1 aliphatic rings. The number of anilines is 2. The molecule has 0 saturated carbocycles. The van der Waals surface area contributed by atoms with Crippen molar-refractivity contribution < 1.29 is 9.72 Å². The van der Waals surface area contributed by atoms with Gasteiger partial charge >= 0.3 is 0 Å². The number of rotatable bonds is 3. The number of carbonyl (C=O) groups is 1. The molecule has 6 nitrogen and oxygen atoms in total. The van der Waals surface area contributed by atoms with Crippen LogP contribution in [0.5, 0.6) is 0 Å². The molecule has 2 aromatic rings. The fraction of sp³-hybridized carbons (Fsp3) is 0.133. The highest BCUT2D eigenvalue weighted by Crippen LogP contribution is 2.39. The zero-order valence-electron chi connectivity index (χ0n) is 11.2. The molecule has 1 heterocycles. The molecule has 6 heteroatoms. The van der Waals surface area contributed by atoms with Crippen LogP contribution in [0.4, 0.5) is 17.1 Å². The van der Waals surface area contributed by atoms with E-state index in [0.29, 0.717) is 12.2 Å². The molecule has 1 amide bonds. The van der Waals surface area contributed by atoms with Gasteiger partial charge in [0.05, 0.1) is 4.92 Å². The summed E-state index contributed by atoms with van der Waals surface area (Å²) in [5, 5.41) is 11.3. The lowest BCUT2D eigenvalue weighted by Gasteiger charge is -2.19. The van der Waals surface area contributed by atoms with Crippen LogP contribution in [-0.2, 0) is 6.42 Å². The molecule has 2 N–H and O–H groups in total. The van der Waals surface area contributed by atoms with Crippen LogP contribution in [0.2, 0.25) is 0 Å².